The van der Waals surface area contributed by atoms with E-state index in [0.29, 0.717) is 17.9 Å². The molecule has 0 radical (unpaired) electrons. The Balaban J connectivity index is 3.07. The van der Waals surface area contributed by atoms with Gasteiger partial charge in [0.25, 0.3) is 0 Å². The van der Waals surface area contributed by atoms with Crippen LogP contribution in [0.2, 0.25) is 0 Å². The summed E-state index contributed by atoms with van der Waals surface area (Å²) in [5.74, 6) is 4.63. The molecule has 0 aromatic heterocycles. The van der Waals surface area contributed by atoms with Crippen molar-refractivity contribution in [3.8, 4) is 0 Å². The van der Waals surface area contributed by atoms with E-state index in [9.17, 15) is 4.79 Å². The maximum absolute atomic E-state index is 10.6. The fourth-order valence-corrected chi connectivity index (χ4v) is 1.12. The zero-order valence-corrected chi connectivity index (χ0v) is 7.90. The van der Waals surface area contributed by atoms with Crippen LogP contribution in [0.1, 0.15) is 17.3 Å². The van der Waals surface area contributed by atoms with Gasteiger partial charge in [0.2, 0.25) is 0 Å². The summed E-state index contributed by atoms with van der Waals surface area (Å²) in [6, 6.07) is 4.47. The number of aromatic carboxylic acids is 1. The summed E-state index contributed by atoms with van der Waals surface area (Å²) in [5, 5.41) is 10.2. The lowest BCUT2D eigenvalue weighted by Crippen LogP contribution is -2.31. The molecule has 1 rings (SSSR count). The minimum Gasteiger partial charge on any atom is -0.478 e. The number of rotatable bonds is 3. The van der Waals surface area contributed by atoms with Gasteiger partial charge in [0.15, 0.2) is 0 Å². The predicted molar refractivity (Wildman–Crippen MR) is 55.0 cm³/mol. The normalized spacial score (nSPS) is 9.86. The summed E-state index contributed by atoms with van der Waals surface area (Å²) >= 11 is 0. The Hall–Kier alpha value is -1.75. The minimum atomic E-state index is -0.997. The average Bonchev–Trinajstić information content (AvgIpc) is 2.16. The maximum atomic E-state index is 10.6. The topological polar surface area (TPSA) is 92.6 Å². The first-order valence-electron chi connectivity index (χ1n) is 4.21. The van der Waals surface area contributed by atoms with Crippen LogP contribution in [0.3, 0.4) is 0 Å². The molecule has 76 valence electrons. The minimum absolute atomic E-state index is 0.163. The van der Waals surface area contributed by atoms with Crippen LogP contribution in [0.25, 0.3) is 0 Å². The number of carbonyl (C=O) groups is 1. The number of hydrazine groups is 1. The van der Waals surface area contributed by atoms with E-state index in [2.05, 4.69) is 0 Å². The highest BCUT2D eigenvalue weighted by Gasteiger charge is 2.08. The molecule has 0 aliphatic heterocycles. The Labute approximate surface area is 81.9 Å². The Bertz CT molecular complexity index is 352. The number of carboxylic acids is 1. The molecule has 0 aliphatic rings. The van der Waals surface area contributed by atoms with Crippen molar-refractivity contribution in [1.29, 1.82) is 0 Å². The van der Waals surface area contributed by atoms with E-state index >= 15 is 0 Å². The van der Waals surface area contributed by atoms with Crippen LogP contribution in [-0.2, 0) is 0 Å². The van der Waals surface area contributed by atoms with Crippen molar-refractivity contribution < 1.29 is 9.90 Å². The summed E-state index contributed by atoms with van der Waals surface area (Å²) in [6.07, 6.45) is 0. The van der Waals surface area contributed by atoms with Crippen LogP contribution < -0.4 is 16.6 Å². The summed E-state index contributed by atoms with van der Waals surface area (Å²) in [4.78, 5) is 10.6. The molecule has 0 atom stereocenters. The van der Waals surface area contributed by atoms with Gasteiger partial charge < -0.3 is 15.8 Å². The Morgan fingerprint density at radius 2 is 2.21 bits per heavy atom. The molecule has 1 aromatic carbocycles. The van der Waals surface area contributed by atoms with Crippen molar-refractivity contribution >= 4 is 17.3 Å². The SMILES string of the molecule is CCN(N)c1ccc(C(=O)O)cc1N. The van der Waals surface area contributed by atoms with E-state index in [1.165, 1.54) is 17.1 Å². The lowest BCUT2D eigenvalue weighted by atomic mass is 10.1. The molecule has 1 aromatic rings. The fourth-order valence-electron chi connectivity index (χ4n) is 1.12. The Morgan fingerprint density at radius 3 is 2.64 bits per heavy atom. The second-order valence-corrected chi connectivity index (χ2v) is 2.86. The average molecular weight is 195 g/mol. The lowest BCUT2D eigenvalue weighted by Gasteiger charge is -2.18. The lowest BCUT2D eigenvalue weighted by molar-refractivity contribution is 0.0697. The molecule has 0 aliphatic carbocycles. The zero-order chi connectivity index (χ0) is 10.7. The number of carboxylic acid groups (broad SMARTS) is 1. The molecule has 0 spiro atoms. The molecular formula is C9H13N3O2. The van der Waals surface area contributed by atoms with Gasteiger partial charge in [-0.3, -0.25) is 0 Å². The van der Waals surface area contributed by atoms with Crippen LogP contribution >= 0.6 is 0 Å². The zero-order valence-electron chi connectivity index (χ0n) is 7.90. The quantitative estimate of drug-likeness (QED) is 0.374. The van der Waals surface area contributed by atoms with Crippen molar-refractivity contribution in [2.45, 2.75) is 6.92 Å². The number of anilines is 2. The smallest absolute Gasteiger partial charge is 0.335 e. The van der Waals surface area contributed by atoms with Crippen molar-refractivity contribution in [3.63, 3.8) is 0 Å². The molecule has 0 fully saturated rings. The third-order valence-electron chi connectivity index (χ3n) is 1.92. The van der Waals surface area contributed by atoms with E-state index in [1.807, 2.05) is 6.92 Å². The van der Waals surface area contributed by atoms with Gasteiger partial charge in [0, 0.05) is 6.54 Å². The summed E-state index contributed by atoms with van der Waals surface area (Å²) in [6.45, 7) is 2.49. The largest absolute Gasteiger partial charge is 0.478 e. The van der Waals surface area contributed by atoms with E-state index in [-0.39, 0.29) is 5.56 Å². The van der Waals surface area contributed by atoms with Crippen molar-refractivity contribution in [2.24, 2.45) is 5.84 Å². The fraction of sp³-hybridized carbons (Fsp3) is 0.222. The van der Waals surface area contributed by atoms with Gasteiger partial charge in [0.1, 0.15) is 0 Å². The van der Waals surface area contributed by atoms with Gasteiger partial charge in [-0.05, 0) is 25.1 Å². The first kappa shape index (κ1) is 10.3. The number of nitrogens with two attached hydrogens (primary N) is 2. The van der Waals surface area contributed by atoms with Gasteiger partial charge >= 0.3 is 5.97 Å². The van der Waals surface area contributed by atoms with Gasteiger partial charge in [-0.15, -0.1) is 0 Å². The highest BCUT2D eigenvalue weighted by Crippen LogP contribution is 2.22. The number of nitrogen functional groups attached to an aromatic ring is 1. The standard InChI is InChI=1S/C9H13N3O2/c1-2-12(11)8-4-3-6(9(13)14)5-7(8)10/h3-5H,2,10-11H2,1H3,(H,13,14). The first-order valence-corrected chi connectivity index (χ1v) is 4.21. The molecule has 0 unspecified atom stereocenters. The molecule has 0 bridgehead atoms. The van der Waals surface area contributed by atoms with Crippen LogP contribution in [0.4, 0.5) is 11.4 Å². The molecule has 5 heteroatoms. The molecule has 14 heavy (non-hydrogen) atoms. The molecule has 5 nitrogen and oxygen atoms in total. The van der Waals surface area contributed by atoms with Crippen LogP contribution in [0.5, 0.6) is 0 Å². The van der Waals surface area contributed by atoms with Crippen LogP contribution in [0, 0.1) is 0 Å². The van der Waals surface area contributed by atoms with Crippen LogP contribution in [0.15, 0.2) is 18.2 Å². The predicted octanol–water partition coefficient (Wildman–Crippen LogP) is 0.667. The van der Waals surface area contributed by atoms with Crippen molar-refractivity contribution in [3.05, 3.63) is 23.8 Å². The van der Waals surface area contributed by atoms with Crippen LogP contribution in [-0.4, -0.2) is 17.6 Å². The summed E-state index contributed by atoms with van der Waals surface area (Å²) in [7, 11) is 0. The third kappa shape index (κ3) is 1.94. The highest BCUT2D eigenvalue weighted by molar-refractivity contribution is 5.90. The number of benzene rings is 1. The second kappa shape index (κ2) is 3.97. The first-order chi connectivity index (χ1) is 6.56. The number of hydrogen-bond acceptors (Lipinski definition) is 4. The second-order valence-electron chi connectivity index (χ2n) is 2.86. The molecule has 0 saturated heterocycles. The van der Waals surface area contributed by atoms with E-state index < -0.39 is 5.97 Å². The molecule has 0 amide bonds. The molecule has 0 saturated carbocycles. The highest BCUT2D eigenvalue weighted by atomic mass is 16.4. The molecular weight excluding hydrogens is 182 g/mol. The van der Waals surface area contributed by atoms with Crippen molar-refractivity contribution in [1.82, 2.24) is 0 Å². The molecule has 5 N–H and O–H groups in total. The number of nitrogens with zero attached hydrogens (tertiary/aromatic N) is 1. The van der Waals surface area contributed by atoms with Gasteiger partial charge in [-0.2, -0.15) is 0 Å². The van der Waals surface area contributed by atoms with E-state index in [0.717, 1.165) is 0 Å². The van der Waals surface area contributed by atoms with Gasteiger partial charge in [0.05, 0.1) is 16.9 Å². The van der Waals surface area contributed by atoms with Crippen molar-refractivity contribution in [2.75, 3.05) is 17.3 Å². The molecule has 0 heterocycles. The Kier molecular flexibility index (Phi) is 2.93. The summed E-state index contributed by atoms with van der Waals surface area (Å²) in [5.41, 5.74) is 6.82. The van der Waals surface area contributed by atoms with Gasteiger partial charge in [-0.1, -0.05) is 0 Å². The van der Waals surface area contributed by atoms with E-state index in [1.54, 1.807) is 6.07 Å². The van der Waals surface area contributed by atoms with E-state index in [4.69, 9.17) is 16.7 Å². The maximum Gasteiger partial charge on any atom is 0.335 e. The monoisotopic (exact) mass is 195 g/mol. The summed E-state index contributed by atoms with van der Waals surface area (Å²) < 4.78 is 0. The number of hydrogen-bond donors (Lipinski definition) is 3. The Morgan fingerprint density at radius 1 is 1.57 bits per heavy atom. The third-order valence-corrected chi connectivity index (χ3v) is 1.92. The van der Waals surface area contributed by atoms with Gasteiger partial charge in [-0.25, -0.2) is 10.6 Å².